The van der Waals surface area contributed by atoms with Crippen molar-refractivity contribution in [3.05, 3.63) is 23.5 Å². The van der Waals surface area contributed by atoms with E-state index in [1.165, 1.54) is 5.75 Å². The maximum absolute atomic E-state index is 5.78. The molecule has 0 aliphatic rings. The van der Waals surface area contributed by atoms with Crippen molar-refractivity contribution < 1.29 is 0 Å². The van der Waals surface area contributed by atoms with Crippen LogP contribution in [0.1, 0.15) is 13.3 Å². The summed E-state index contributed by atoms with van der Waals surface area (Å²) >= 11 is 7.64. The van der Waals surface area contributed by atoms with Crippen LogP contribution in [0.15, 0.2) is 18.3 Å². The van der Waals surface area contributed by atoms with Crippen LogP contribution in [0.5, 0.6) is 0 Å². The Bertz CT molecular complexity index is 281. The molecule has 1 aromatic heterocycles. The van der Waals surface area contributed by atoms with Crippen molar-refractivity contribution in [3.63, 3.8) is 0 Å². The van der Waals surface area contributed by atoms with Crippen LogP contribution in [-0.4, -0.2) is 23.0 Å². The van der Waals surface area contributed by atoms with E-state index in [2.05, 4.69) is 23.5 Å². The van der Waals surface area contributed by atoms with Gasteiger partial charge in [-0.05, 0) is 37.5 Å². The molecular weight excluding hydrogens is 216 g/mol. The molecule has 1 unspecified atom stereocenters. The summed E-state index contributed by atoms with van der Waals surface area (Å²) in [5.41, 5.74) is 1.04. The average molecular weight is 231 g/mol. The maximum Gasteiger partial charge on any atom is 0.131 e. The summed E-state index contributed by atoms with van der Waals surface area (Å²) in [7, 11) is 0. The van der Waals surface area contributed by atoms with E-state index in [9.17, 15) is 0 Å². The van der Waals surface area contributed by atoms with Gasteiger partial charge in [-0.25, -0.2) is 4.98 Å². The van der Waals surface area contributed by atoms with Crippen molar-refractivity contribution in [1.29, 1.82) is 0 Å². The number of hydrogen-bond donors (Lipinski definition) is 1. The lowest BCUT2D eigenvalue weighted by Gasteiger charge is -2.14. The zero-order valence-electron chi connectivity index (χ0n) is 8.46. The zero-order chi connectivity index (χ0) is 10.4. The van der Waals surface area contributed by atoms with Gasteiger partial charge in [0.15, 0.2) is 0 Å². The molecule has 0 aliphatic heterocycles. The van der Waals surface area contributed by atoms with Gasteiger partial charge in [-0.3, -0.25) is 0 Å². The minimum Gasteiger partial charge on any atom is -0.382 e. The molecule has 1 aromatic rings. The third-order valence-corrected chi connectivity index (χ3v) is 2.75. The number of rotatable bonds is 5. The Kier molecular flexibility index (Phi) is 5.12. The molecule has 0 spiro atoms. The molecular formula is C10H15ClN2S. The first-order chi connectivity index (χ1) is 6.72. The van der Waals surface area contributed by atoms with Gasteiger partial charge in [-0.15, -0.1) is 0 Å². The first kappa shape index (κ1) is 11.7. The Morgan fingerprint density at radius 2 is 2.43 bits per heavy atom. The summed E-state index contributed by atoms with van der Waals surface area (Å²) in [6, 6.07) is 4.25. The second kappa shape index (κ2) is 6.14. The maximum atomic E-state index is 5.78. The third kappa shape index (κ3) is 4.20. The number of aromatic nitrogens is 1. The molecule has 0 aromatic carbocycles. The number of anilines is 1. The number of pyridine rings is 1. The fourth-order valence-electron chi connectivity index (χ4n) is 1.14. The van der Waals surface area contributed by atoms with Crippen molar-refractivity contribution in [2.75, 3.05) is 17.3 Å². The van der Waals surface area contributed by atoms with Crippen molar-refractivity contribution >= 4 is 29.1 Å². The van der Waals surface area contributed by atoms with Gasteiger partial charge in [0.25, 0.3) is 0 Å². The highest BCUT2D eigenvalue weighted by Gasteiger charge is 2.01. The summed E-state index contributed by atoms with van der Waals surface area (Å²) in [5.74, 6) is 1.17. The molecule has 2 nitrogen and oxygen atoms in total. The molecule has 0 saturated heterocycles. The van der Waals surface area contributed by atoms with Gasteiger partial charge in [0.05, 0.1) is 0 Å². The van der Waals surface area contributed by atoms with Gasteiger partial charge in [-0.1, -0.05) is 11.6 Å². The van der Waals surface area contributed by atoms with E-state index >= 15 is 0 Å². The number of thioether (sulfide) groups is 1. The molecule has 0 saturated carbocycles. The lowest BCUT2D eigenvalue weighted by molar-refractivity contribution is 0.772. The minimum absolute atomic E-state index is 0.473. The predicted octanol–water partition coefficient (Wildman–Crippen LogP) is 3.29. The quantitative estimate of drug-likeness (QED) is 0.786. The molecule has 78 valence electrons. The number of nitrogens with zero attached hydrogens (tertiary/aromatic N) is 1. The Balaban J connectivity index is 2.43. The van der Waals surface area contributed by atoms with Crippen molar-refractivity contribution in [1.82, 2.24) is 4.98 Å². The van der Waals surface area contributed by atoms with Crippen LogP contribution in [0.2, 0.25) is 5.15 Å². The minimum atomic E-state index is 0.473. The summed E-state index contributed by atoms with van der Waals surface area (Å²) in [6.45, 7) is 2.17. The Morgan fingerprint density at radius 1 is 1.64 bits per heavy atom. The van der Waals surface area contributed by atoms with Gasteiger partial charge < -0.3 is 5.32 Å². The van der Waals surface area contributed by atoms with Crippen LogP contribution in [0, 0.1) is 0 Å². The molecule has 1 N–H and O–H groups in total. The SMILES string of the molecule is CSCCC(C)Nc1ccnc(Cl)c1. The number of halogens is 1. The van der Waals surface area contributed by atoms with Crippen molar-refractivity contribution in [2.24, 2.45) is 0 Å². The largest absolute Gasteiger partial charge is 0.382 e. The Morgan fingerprint density at radius 3 is 3.07 bits per heavy atom. The first-order valence-corrected chi connectivity index (χ1v) is 6.36. The predicted molar refractivity (Wildman–Crippen MR) is 65.3 cm³/mol. The zero-order valence-corrected chi connectivity index (χ0v) is 10.0. The van der Waals surface area contributed by atoms with E-state index in [1.807, 2.05) is 23.9 Å². The highest BCUT2D eigenvalue weighted by atomic mass is 35.5. The monoisotopic (exact) mass is 230 g/mol. The van der Waals surface area contributed by atoms with Crippen LogP contribution < -0.4 is 5.32 Å². The molecule has 0 aliphatic carbocycles. The van der Waals surface area contributed by atoms with Crippen LogP contribution in [0.3, 0.4) is 0 Å². The topological polar surface area (TPSA) is 24.9 Å². The van der Waals surface area contributed by atoms with Gasteiger partial charge in [-0.2, -0.15) is 11.8 Å². The van der Waals surface area contributed by atoms with Crippen molar-refractivity contribution in [3.8, 4) is 0 Å². The molecule has 14 heavy (non-hydrogen) atoms. The van der Waals surface area contributed by atoms with E-state index in [0.717, 1.165) is 12.1 Å². The summed E-state index contributed by atoms with van der Waals surface area (Å²) in [6.07, 6.45) is 4.99. The standard InChI is InChI=1S/C10H15ClN2S/c1-8(4-6-14-2)13-9-3-5-12-10(11)7-9/h3,5,7-8H,4,6H2,1-2H3,(H,12,13). The normalized spacial score (nSPS) is 12.5. The second-order valence-corrected chi connectivity index (χ2v) is 4.57. The molecule has 1 rings (SSSR count). The summed E-state index contributed by atoms with van der Waals surface area (Å²) < 4.78 is 0. The fourth-order valence-corrected chi connectivity index (χ4v) is 1.91. The van der Waals surface area contributed by atoms with E-state index in [1.54, 1.807) is 6.20 Å². The summed E-state index contributed by atoms with van der Waals surface area (Å²) in [4.78, 5) is 3.93. The number of nitrogens with one attached hydrogen (secondary N) is 1. The number of hydrogen-bond acceptors (Lipinski definition) is 3. The van der Waals surface area contributed by atoms with Crippen LogP contribution in [0.4, 0.5) is 5.69 Å². The third-order valence-electron chi connectivity index (χ3n) is 1.89. The van der Waals surface area contributed by atoms with Gasteiger partial charge in [0.2, 0.25) is 0 Å². The molecule has 0 radical (unpaired) electrons. The molecule has 4 heteroatoms. The molecule has 0 bridgehead atoms. The molecule has 0 amide bonds. The smallest absolute Gasteiger partial charge is 0.131 e. The van der Waals surface area contributed by atoms with E-state index in [4.69, 9.17) is 11.6 Å². The lowest BCUT2D eigenvalue weighted by atomic mass is 10.2. The van der Waals surface area contributed by atoms with Crippen molar-refractivity contribution in [2.45, 2.75) is 19.4 Å². The molecule has 0 fully saturated rings. The molecule has 1 heterocycles. The van der Waals surface area contributed by atoms with Gasteiger partial charge in [0.1, 0.15) is 5.15 Å². The van der Waals surface area contributed by atoms with Crippen LogP contribution in [-0.2, 0) is 0 Å². The van der Waals surface area contributed by atoms with Gasteiger partial charge >= 0.3 is 0 Å². The first-order valence-electron chi connectivity index (χ1n) is 4.59. The molecule has 1 atom stereocenters. The highest BCUT2D eigenvalue weighted by molar-refractivity contribution is 7.98. The van der Waals surface area contributed by atoms with Crippen LogP contribution in [0.25, 0.3) is 0 Å². The van der Waals surface area contributed by atoms with Crippen LogP contribution >= 0.6 is 23.4 Å². The Labute approximate surface area is 94.5 Å². The lowest BCUT2D eigenvalue weighted by Crippen LogP contribution is -2.15. The summed E-state index contributed by atoms with van der Waals surface area (Å²) in [5, 5.41) is 3.91. The Hall–Kier alpha value is -0.410. The second-order valence-electron chi connectivity index (χ2n) is 3.19. The average Bonchev–Trinajstić information content (AvgIpc) is 2.15. The fraction of sp³-hybridized carbons (Fsp3) is 0.500. The van der Waals surface area contributed by atoms with E-state index in [0.29, 0.717) is 11.2 Å². The van der Waals surface area contributed by atoms with E-state index in [-0.39, 0.29) is 0 Å². The highest BCUT2D eigenvalue weighted by Crippen LogP contribution is 2.14. The van der Waals surface area contributed by atoms with Gasteiger partial charge in [0, 0.05) is 17.9 Å². The van der Waals surface area contributed by atoms with E-state index < -0.39 is 0 Å².